The van der Waals surface area contributed by atoms with Crippen molar-refractivity contribution in [3.05, 3.63) is 15.9 Å². The molecule has 0 aromatic carbocycles. The zero-order valence-electron chi connectivity index (χ0n) is 12.2. The summed E-state index contributed by atoms with van der Waals surface area (Å²) >= 11 is 7.10. The van der Waals surface area contributed by atoms with Crippen LogP contribution in [0.3, 0.4) is 0 Å². The zero-order chi connectivity index (χ0) is 14.5. The van der Waals surface area contributed by atoms with Crippen LogP contribution in [0.15, 0.2) is 4.47 Å². The van der Waals surface area contributed by atoms with Gasteiger partial charge in [0.25, 0.3) is 0 Å². The number of alkyl halides is 1. The standard InChI is InChI=1S/C14H23Br2N3O/c1-3-12-14(16)13(18(2)17-12)10-19-7-4-11(5-8-19)20-9-6-15/h11H,3-10H2,1-2H3. The van der Waals surface area contributed by atoms with Crippen molar-refractivity contribution in [2.45, 2.75) is 38.8 Å². The summed E-state index contributed by atoms with van der Waals surface area (Å²) in [4.78, 5) is 2.50. The first-order chi connectivity index (χ1) is 9.65. The highest BCUT2D eigenvalue weighted by Gasteiger charge is 2.22. The quantitative estimate of drug-likeness (QED) is 0.677. The van der Waals surface area contributed by atoms with Crippen LogP contribution in [0.4, 0.5) is 0 Å². The number of nitrogens with zero attached hydrogens (tertiary/aromatic N) is 3. The van der Waals surface area contributed by atoms with E-state index in [0.29, 0.717) is 6.10 Å². The molecule has 6 heteroatoms. The number of aromatic nitrogens is 2. The molecule has 0 N–H and O–H groups in total. The predicted molar refractivity (Wildman–Crippen MR) is 88.3 cm³/mol. The molecular formula is C14H23Br2N3O. The van der Waals surface area contributed by atoms with Gasteiger partial charge in [-0.05, 0) is 35.2 Å². The summed E-state index contributed by atoms with van der Waals surface area (Å²) in [5, 5.41) is 5.49. The van der Waals surface area contributed by atoms with E-state index in [2.05, 4.69) is 48.8 Å². The normalized spacial score (nSPS) is 17.8. The Balaban J connectivity index is 1.88. The number of piperidine rings is 1. The van der Waals surface area contributed by atoms with Gasteiger partial charge in [0, 0.05) is 32.0 Å². The van der Waals surface area contributed by atoms with E-state index >= 15 is 0 Å². The van der Waals surface area contributed by atoms with Crippen molar-refractivity contribution < 1.29 is 4.74 Å². The van der Waals surface area contributed by atoms with Gasteiger partial charge in [-0.1, -0.05) is 22.9 Å². The van der Waals surface area contributed by atoms with Crippen LogP contribution in [0, 0.1) is 0 Å². The molecule has 1 aromatic rings. The van der Waals surface area contributed by atoms with E-state index in [-0.39, 0.29) is 0 Å². The fourth-order valence-corrected chi connectivity index (χ4v) is 3.58. The van der Waals surface area contributed by atoms with Crippen LogP contribution >= 0.6 is 31.9 Å². The first kappa shape index (κ1) is 16.5. The maximum Gasteiger partial charge on any atom is 0.0767 e. The van der Waals surface area contributed by atoms with Crippen LogP contribution in [0.2, 0.25) is 0 Å². The molecule has 0 radical (unpaired) electrons. The Morgan fingerprint density at radius 3 is 2.60 bits per heavy atom. The predicted octanol–water partition coefficient (Wildman–Crippen LogP) is 3.12. The van der Waals surface area contributed by atoms with Gasteiger partial charge in [-0.15, -0.1) is 0 Å². The van der Waals surface area contributed by atoms with E-state index in [1.807, 2.05) is 11.7 Å². The molecule has 0 saturated carbocycles. The van der Waals surface area contributed by atoms with Crippen molar-refractivity contribution in [3.8, 4) is 0 Å². The van der Waals surface area contributed by atoms with Crippen molar-refractivity contribution in [1.82, 2.24) is 14.7 Å². The summed E-state index contributed by atoms with van der Waals surface area (Å²) in [7, 11) is 2.03. The molecule has 20 heavy (non-hydrogen) atoms. The molecule has 2 heterocycles. The van der Waals surface area contributed by atoms with Crippen molar-refractivity contribution in [2.24, 2.45) is 7.05 Å². The largest absolute Gasteiger partial charge is 0.377 e. The lowest BCUT2D eigenvalue weighted by Crippen LogP contribution is -2.37. The molecule has 1 fully saturated rings. The van der Waals surface area contributed by atoms with Gasteiger partial charge in [0.2, 0.25) is 0 Å². The number of ether oxygens (including phenoxy) is 1. The minimum atomic E-state index is 0.435. The second kappa shape index (κ2) is 7.92. The molecule has 1 aliphatic rings. The summed E-state index contributed by atoms with van der Waals surface area (Å²) in [6.07, 6.45) is 3.66. The first-order valence-electron chi connectivity index (χ1n) is 7.25. The van der Waals surface area contributed by atoms with Crippen LogP contribution in [0.5, 0.6) is 0 Å². The van der Waals surface area contributed by atoms with E-state index in [4.69, 9.17) is 4.74 Å². The molecule has 1 aliphatic heterocycles. The highest BCUT2D eigenvalue weighted by molar-refractivity contribution is 9.10. The number of aryl methyl sites for hydroxylation is 2. The minimum absolute atomic E-state index is 0.435. The van der Waals surface area contributed by atoms with Gasteiger partial charge < -0.3 is 4.74 Å². The highest BCUT2D eigenvalue weighted by atomic mass is 79.9. The molecule has 0 spiro atoms. The molecule has 1 saturated heterocycles. The van der Waals surface area contributed by atoms with E-state index in [9.17, 15) is 0 Å². The number of rotatable bonds is 6. The fraction of sp³-hybridized carbons (Fsp3) is 0.786. The van der Waals surface area contributed by atoms with Crippen molar-refractivity contribution in [1.29, 1.82) is 0 Å². The topological polar surface area (TPSA) is 30.3 Å². The summed E-state index contributed by atoms with van der Waals surface area (Å²) in [5.41, 5.74) is 2.43. The van der Waals surface area contributed by atoms with Gasteiger partial charge in [0.1, 0.15) is 0 Å². The summed E-state index contributed by atoms with van der Waals surface area (Å²) in [6, 6.07) is 0. The number of likely N-dealkylation sites (tertiary alicyclic amines) is 1. The summed E-state index contributed by atoms with van der Waals surface area (Å²) < 4.78 is 8.99. The van der Waals surface area contributed by atoms with Crippen LogP contribution in [-0.4, -0.2) is 45.8 Å². The van der Waals surface area contributed by atoms with Crippen molar-refractivity contribution in [2.75, 3.05) is 25.0 Å². The third kappa shape index (κ3) is 4.06. The lowest BCUT2D eigenvalue weighted by molar-refractivity contribution is 0.0136. The molecule has 0 amide bonds. The SMILES string of the molecule is CCc1nn(C)c(CN2CCC(OCCBr)CC2)c1Br. The Labute approximate surface area is 138 Å². The highest BCUT2D eigenvalue weighted by Crippen LogP contribution is 2.24. The molecule has 114 valence electrons. The monoisotopic (exact) mass is 407 g/mol. The molecule has 1 aromatic heterocycles. The Kier molecular flexibility index (Phi) is 6.52. The van der Waals surface area contributed by atoms with E-state index < -0.39 is 0 Å². The van der Waals surface area contributed by atoms with Gasteiger partial charge in [-0.25, -0.2) is 0 Å². The molecule has 0 aliphatic carbocycles. The van der Waals surface area contributed by atoms with Crippen molar-refractivity contribution >= 4 is 31.9 Å². The van der Waals surface area contributed by atoms with Crippen LogP contribution < -0.4 is 0 Å². The second-order valence-electron chi connectivity index (χ2n) is 5.22. The maximum absolute atomic E-state index is 5.80. The van der Waals surface area contributed by atoms with Crippen LogP contribution in [0.1, 0.15) is 31.2 Å². The average Bonchev–Trinajstić information content (AvgIpc) is 2.74. The Morgan fingerprint density at radius 1 is 1.35 bits per heavy atom. The number of hydrogen-bond acceptors (Lipinski definition) is 3. The van der Waals surface area contributed by atoms with Gasteiger partial charge in [-0.3, -0.25) is 9.58 Å². The van der Waals surface area contributed by atoms with E-state index in [1.54, 1.807) is 0 Å². The van der Waals surface area contributed by atoms with Crippen molar-refractivity contribution in [3.63, 3.8) is 0 Å². The van der Waals surface area contributed by atoms with E-state index in [0.717, 1.165) is 56.5 Å². The summed E-state index contributed by atoms with van der Waals surface area (Å²) in [6.45, 7) is 6.13. The van der Waals surface area contributed by atoms with Gasteiger partial charge in [0.15, 0.2) is 0 Å². The Hall–Kier alpha value is 0.0900. The molecule has 2 rings (SSSR count). The van der Waals surface area contributed by atoms with Crippen LogP contribution in [-0.2, 0) is 24.8 Å². The van der Waals surface area contributed by atoms with Gasteiger partial charge in [-0.2, -0.15) is 5.10 Å². The lowest BCUT2D eigenvalue weighted by atomic mass is 10.1. The average molecular weight is 409 g/mol. The van der Waals surface area contributed by atoms with Gasteiger partial charge in [0.05, 0.1) is 28.6 Å². The Bertz CT molecular complexity index is 428. The molecular weight excluding hydrogens is 386 g/mol. The molecule has 0 bridgehead atoms. The number of hydrogen-bond donors (Lipinski definition) is 0. The maximum atomic E-state index is 5.80. The molecule has 0 unspecified atom stereocenters. The molecule has 0 atom stereocenters. The van der Waals surface area contributed by atoms with E-state index in [1.165, 1.54) is 10.2 Å². The Morgan fingerprint density at radius 2 is 2.05 bits per heavy atom. The number of halogens is 2. The smallest absolute Gasteiger partial charge is 0.0767 e. The fourth-order valence-electron chi connectivity index (χ4n) is 2.65. The third-order valence-corrected chi connectivity index (χ3v) is 5.08. The third-order valence-electron chi connectivity index (χ3n) is 3.84. The summed E-state index contributed by atoms with van der Waals surface area (Å²) in [5.74, 6) is 0. The lowest BCUT2D eigenvalue weighted by Gasteiger charge is -2.31. The minimum Gasteiger partial charge on any atom is -0.377 e. The van der Waals surface area contributed by atoms with Crippen LogP contribution in [0.25, 0.3) is 0 Å². The van der Waals surface area contributed by atoms with Gasteiger partial charge >= 0.3 is 0 Å². The second-order valence-corrected chi connectivity index (χ2v) is 6.81. The zero-order valence-corrected chi connectivity index (χ0v) is 15.4. The first-order valence-corrected chi connectivity index (χ1v) is 9.17. The molecule has 4 nitrogen and oxygen atoms in total.